The Balaban J connectivity index is 2.42. The van der Waals surface area contributed by atoms with Gasteiger partial charge in [0.05, 0.1) is 16.5 Å². The Hall–Kier alpha value is -0.650. The molecule has 0 radical (unpaired) electrons. The predicted octanol–water partition coefficient (Wildman–Crippen LogP) is 4.33. The van der Waals surface area contributed by atoms with Gasteiger partial charge in [-0.2, -0.15) is 13.2 Å². The van der Waals surface area contributed by atoms with Crippen LogP contribution in [0.2, 0.25) is 5.02 Å². The Morgan fingerprint density at radius 1 is 1.32 bits per heavy atom. The molecule has 0 aliphatic heterocycles. The zero-order chi connectivity index (χ0) is 14.6. The van der Waals surface area contributed by atoms with Crippen LogP contribution in [0.1, 0.15) is 17.0 Å². The second-order valence-corrected chi connectivity index (χ2v) is 6.06. The van der Waals surface area contributed by atoms with Gasteiger partial charge in [0.2, 0.25) is 0 Å². The maximum absolute atomic E-state index is 12.7. The van der Waals surface area contributed by atoms with Crippen molar-refractivity contribution in [3.63, 3.8) is 0 Å². The number of carboxylic acid groups (broad SMARTS) is 1. The first-order valence-corrected chi connectivity index (χ1v) is 6.17. The molecule has 2 atom stereocenters. The fraction of sp³-hybridized carbons (Fsp3) is 0.364. The van der Waals surface area contributed by atoms with Crippen molar-refractivity contribution < 1.29 is 23.1 Å². The lowest BCUT2D eigenvalue weighted by Gasteiger charge is -2.11. The Labute approximate surface area is 121 Å². The summed E-state index contributed by atoms with van der Waals surface area (Å²) in [5.41, 5.74) is -0.930. The summed E-state index contributed by atoms with van der Waals surface area (Å²) in [5.74, 6) is -3.26. The fourth-order valence-electron chi connectivity index (χ4n) is 2.00. The molecule has 0 heterocycles. The van der Waals surface area contributed by atoms with E-state index in [1.807, 2.05) is 0 Å². The molecule has 0 aromatic heterocycles. The molecule has 19 heavy (non-hydrogen) atoms. The van der Waals surface area contributed by atoms with Crippen LogP contribution in [-0.2, 0) is 11.0 Å². The predicted molar refractivity (Wildman–Crippen MR) is 64.8 cm³/mol. The van der Waals surface area contributed by atoms with Crippen molar-refractivity contribution in [2.75, 3.05) is 0 Å². The molecule has 0 bridgehead atoms. The van der Waals surface area contributed by atoms with Gasteiger partial charge in [-0.1, -0.05) is 40.9 Å². The average Bonchev–Trinajstić information content (AvgIpc) is 2.80. The topological polar surface area (TPSA) is 37.3 Å². The van der Waals surface area contributed by atoms with Crippen molar-refractivity contribution in [2.24, 2.45) is 5.92 Å². The Kier molecular flexibility index (Phi) is 3.44. The standard InChI is InChI=1S/C11H6Cl3F3O2/c12-6-2-1-4(3-5(6)11(15,16)17)7-8(9(18)19)10(7,13)14/h1-3,7-8H,(H,18,19)/t7-,8+/m0/s1. The first kappa shape index (κ1) is 14.8. The van der Waals surface area contributed by atoms with Crippen molar-refractivity contribution in [3.05, 3.63) is 34.3 Å². The molecule has 104 valence electrons. The maximum atomic E-state index is 12.7. The molecule has 1 saturated carbocycles. The number of aliphatic carboxylic acids is 1. The second kappa shape index (κ2) is 4.43. The van der Waals surface area contributed by atoms with Crippen LogP contribution in [0.3, 0.4) is 0 Å². The van der Waals surface area contributed by atoms with Crippen molar-refractivity contribution >= 4 is 40.8 Å². The Bertz CT molecular complexity index is 542. The van der Waals surface area contributed by atoms with E-state index in [9.17, 15) is 18.0 Å². The summed E-state index contributed by atoms with van der Waals surface area (Å²) in [4.78, 5) is 10.9. The Morgan fingerprint density at radius 3 is 2.32 bits per heavy atom. The largest absolute Gasteiger partial charge is 0.481 e. The van der Waals surface area contributed by atoms with E-state index in [-0.39, 0.29) is 5.56 Å². The molecule has 1 aliphatic carbocycles. The molecule has 2 nitrogen and oxygen atoms in total. The van der Waals surface area contributed by atoms with Crippen LogP contribution in [0, 0.1) is 5.92 Å². The first-order chi connectivity index (χ1) is 8.56. The number of halogens is 6. The quantitative estimate of drug-likeness (QED) is 0.818. The molecular weight excluding hydrogens is 327 g/mol. The Morgan fingerprint density at radius 2 is 1.89 bits per heavy atom. The molecule has 1 N–H and O–H groups in total. The lowest BCUT2D eigenvalue weighted by atomic mass is 10.1. The summed E-state index contributed by atoms with van der Waals surface area (Å²) in [6.07, 6.45) is -4.62. The maximum Gasteiger partial charge on any atom is 0.417 e. The third-order valence-electron chi connectivity index (χ3n) is 2.97. The van der Waals surface area contributed by atoms with Gasteiger partial charge < -0.3 is 5.11 Å². The van der Waals surface area contributed by atoms with E-state index in [2.05, 4.69) is 0 Å². The second-order valence-electron chi connectivity index (χ2n) is 4.21. The van der Waals surface area contributed by atoms with Gasteiger partial charge in [0, 0.05) is 5.92 Å². The highest BCUT2D eigenvalue weighted by Gasteiger charge is 2.68. The highest BCUT2D eigenvalue weighted by molar-refractivity contribution is 6.53. The number of carboxylic acids is 1. The minimum Gasteiger partial charge on any atom is -0.481 e. The van der Waals surface area contributed by atoms with Gasteiger partial charge in [-0.3, -0.25) is 4.79 Å². The number of rotatable bonds is 2. The molecule has 2 rings (SSSR count). The summed E-state index contributed by atoms with van der Waals surface area (Å²) < 4.78 is 36.5. The molecule has 1 aliphatic rings. The molecule has 0 spiro atoms. The molecule has 1 aromatic rings. The smallest absolute Gasteiger partial charge is 0.417 e. The van der Waals surface area contributed by atoms with Gasteiger partial charge in [-0.25, -0.2) is 0 Å². The van der Waals surface area contributed by atoms with Crippen LogP contribution < -0.4 is 0 Å². The zero-order valence-electron chi connectivity index (χ0n) is 9.01. The van der Waals surface area contributed by atoms with E-state index < -0.39 is 38.9 Å². The monoisotopic (exact) mass is 332 g/mol. The lowest BCUT2D eigenvalue weighted by molar-refractivity contribution is -0.138. The van der Waals surface area contributed by atoms with Gasteiger partial charge in [-0.05, 0) is 17.7 Å². The lowest BCUT2D eigenvalue weighted by Crippen LogP contribution is -2.07. The molecule has 0 amide bonds. The number of hydrogen-bond donors (Lipinski definition) is 1. The molecular formula is C11H6Cl3F3O2. The van der Waals surface area contributed by atoms with E-state index in [0.717, 1.165) is 12.1 Å². The summed E-state index contributed by atoms with van der Waals surface area (Å²) in [6.45, 7) is 0. The minimum absolute atomic E-state index is 0.106. The SMILES string of the molecule is O=C(O)[C@H]1[C@H](c2ccc(Cl)c(C(F)(F)F)c2)C1(Cl)Cl. The van der Waals surface area contributed by atoms with Gasteiger partial charge >= 0.3 is 12.1 Å². The summed E-state index contributed by atoms with van der Waals surface area (Å²) in [5, 5.41) is 8.43. The third kappa shape index (κ3) is 2.51. The fourth-order valence-corrected chi connectivity index (χ4v) is 3.04. The van der Waals surface area contributed by atoms with Crippen LogP contribution >= 0.6 is 34.8 Å². The van der Waals surface area contributed by atoms with Crippen molar-refractivity contribution in [1.82, 2.24) is 0 Å². The van der Waals surface area contributed by atoms with Gasteiger partial charge in [0.15, 0.2) is 0 Å². The number of hydrogen-bond acceptors (Lipinski definition) is 1. The number of carbonyl (C=O) groups is 1. The molecule has 0 saturated heterocycles. The van der Waals surface area contributed by atoms with Crippen LogP contribution in [0.5, 0.6) is 0 Å². The van der Waals surface area contributed by atoms with E-state index in [4.69, 9.17) is 39.9 Å². The molecule has 8 heteroatoms. The van der Waals surface area contributed by atoms with E-state index in [0.29, 0.717) is 0 Å². The van der Waals surface area contributed by atoms with Gasteiger partial charge in [0.1, 0.15) is 4.33 Å². The van der Waals surface area contributed by atoms with E-state index >= 15 is 0 Å². The number of benzene rings is 1. The van der Waals surface area contributed by atoms with Crippen molar-refractivity contribution in [3.8, 4) is 0 Å². The van der Waals surface area contributed by atoms with Gasteiger partial charge in [0.25, 0.3) is 0 Å². The third-order valence-corrected chi connectivity index (χ3v) is 4.24. The minimum atomic E-state index is -4.62. The summed E-state index contributed by atoms with van der Waals surface area (Å²) in [6, 6.07) is 3.14. The summed E-state index contributed by atoms with van der Waals surface area (Å²) in [7, 11) is 0. The summed E-state index contributed by atoms with van der Waals surface area (Å²) >= 11 is 17.0. The van der Waals surface area contributed by atoms with Crippen LogP contribution in [0.15, 0.2) is 18.2 Å². The van der Waals surface area contributed by atoms with E-state index in [1.54, 1.807) is 0 Å². The molecule has 0 unspecified atom stereocenters. The van der Waals surface area contributed by atoms with Crippen LogP contribution in [-0.4, -0.2) is 15.4 Å². The average molecular weight is 334 g/mol. The van der Waals surface area contributed by atoms with Crippen LogP contribution in [0.4, 0.5) is 13.2 Å². The van der Waals surface area contributed by atoms with Crippen LogP contribution in [0.25, 0.3) is 0 Å². The normalized spacial score (nSPS) is 25.2. The van der Waals surface area contributed by atoms with Crippen molar-refractivity contribution in [1.29, 1.82) is 0 Å². The van der Waals surface area contributed by atoms with Crippen molar-refractivity contribution in [2.45, 2.75) is 16.4 Å². The van der Waals surface area contributed by atoms with Gasteiger partial charge in [-0.15, -0.1) is 0 Å². The highest BCUT2D eigenvalue weighted by atomic mass is 35.5. The van der Waals surface area contributed by atoms with E-state index in [1.165, 1.54) is 6.07 Å². The zero-order valence-corrected chi connectivity index (χ0v) is 11.3. The number of alkyl halides is 5. The molecule has 1 fully saturated rings. The molecule has 1 aromatic carbocycles. The highest BCUT2D eigenvalue weighted by Crippen LogP contribution is 2.65. The first-order valence-electron chi connectivity index (χ1n) is 5.04.